The first-order valence-electron chi connectivity index (χ1n) is 5.77. The lowest BCUT2D eigenvalue weighted by molar-refractivity contribution is 0.320. The van der Waals surface area contributed by atoms with E-state index in [0.717, 1.165) is 5.54 Å². The fourth-order valence-corrected chi connectivity index (χ4v) is 7.52. The van der Waals surface area contributed by atoms with Gasteiger partial charge in [0.2, 0.25) is 0 Å². The maximum atomic E-state index is 4.31. The molecule has 2 nitrogen and oxygen atoms in total. The van der Waals surface area contributed by atoms with Gasteiger partial charge >= 0.3 is 0 Å². The molecule has 1 saturated heterocycles. The molecule has 0 saturated carbocycles. The van der Waals surface area contributed by atoms with Crippen molar-refractivity contribution in [2.45, 2.75) is 31.1 Å². The quantitative estimate of drug-likeness (QED) is 0.617. The minimum atomic E-state index is -1.21. The first-order valence-corrected chi connectivity index (χ1v) is 8.85. The van der Waals surface area contributed by atoms with E-state index in [1.807, 2.05) is 6.20 Å². The van der Waals surface area contributed by atoms with Gasteiger partial charge in [-0.1, -0.05) is 18.3 Å². The maximum Gasteiger partial charge on any atom is 0.0861 e. The first-order chi connectivity index (χ1) is 7.12. The summed E-state index contributed by atoms with van der Waals surface area (Å²) in [5.74, 6) is 0. The molecule has 3 heterocycles. The van der Waals surface area contributed by atoms with Crippen LogP contribution in [0.3, 0.4) is 0 Å². The van der Waals surface area contributed by atoms with E-state index in [9.17, 15) is 0 Å². The van der Waals surface area contributed by atoms with Crippen molar-refractivity contribution in [3.8, 4) is 0 Å². The number of rotatable bonds is 0. The van der Waals surface area contributed by atoms with Gasteiger partial charge in [0.05, 0.1) is 8.07 Å². The summed E-state index contributed by atoms with van der Waals surface area (Å²) in [6, 6.07) is 2.95. The lowest BCUT2D eigenvalue weighted by Gasteiger charge is -2.25. The average molecular weight is 218 g/mol. The van der Waals surface area contributed by atoms with E-state index in [0.29, 0.717) is 6.04 Å². The van der Waals surface area contributed by atoms with Gasteiger partial charge in [0.1, 0.15) is 0 Å². The molecule has 1 aromatic rings. The lowest BCUT2D eigenvalue weighted by Crippen LogP contribution is -2.41. The van der Waals surface area contributed by atoms with Crippen LogP contribution in [0.1, 0.15) is 18.0 Å². The fourth-order valence-electron chi connectivity index (χ4n) is 3.59. The first kappa shape index (κ1) is 9.55. The Morgan fingerprint density at radius 3 is 3.07 bits per heavy atom. The number of likely N-dealkylation sites (tertiary alicyclic amines) is 1. The van der Waals surface area contributed by atoms with Crippen LogP contribution in [0.15, 0.2) is 18.5 Å². The van der Waals surface area contributed by atoms with E-state index in [4.69, 9.17) is 0 Å². The van der Waals surface area contributed by atoms with Crippen LogP contribution < -0.4 is 5.19 Å². The second-order valence-corrected chi connectivity index (χ2v) is 10.2. The molecule has 0 amide bonds. The Kier molecular flexibility index (Phi) is 1.86. The molecular formula is C12H18N2Si. The van der Waals surface area contributed by atoms with Crippen molar-refractivity contribution < 1.29 is 0 Å². The van der Waals surface area contributed by atoms with E-state index < -0.39 is 8.07 Å². The Labute approximate surface area is 92.3 Å². The highest BCUT2D eigenvalue weighted by Gasteiger charge is 2.51. The number of fused-ring (bicyclic) bond motifs is 3. The monoisotopic (exact) mass is 218 g/mol. The second-order valence-electron chi connectivity index (χ2n) is 5.51. The van der Waals surface area contributed by atoms with Gasteiger partial charge in [-0.15, -0.1) is 0 Å². The highest BCUT2D eigenvalue weighted by atomic mass is 28.3. The summed E-state index contributed by atoms with van der Waals surface area (Å²) in [5.41, 5.74) is 2.45. The van der Waals surface area contributed by atoms with Crippen LogP contribution in [0.5, 0.6) is 0 Å². The van der Waals surface area contributed by atoms with E-state index >= 15 is 0 Å². The molecular weight excluding hydrogens is 200 g/mol. The SMILES string of the molecule is CN1CCC2C1c1cnccc1[Si]2(C)C. The zero-order chi connectivity index (χ0) is 10.6. The van der Waals surface area contributed by atoms with Crippen molar-refractivity contribution in [3.63, 3.8) is 0 Å². The molecule has 0 aromatic carbocycles. The van der Waals surface area contributed by atoms with Gasteiger partial charge in [0.15, 0.2) is 0 Å². The van der Waals surface area contributed by atoms with Gasteiger partial charge in [-0.25, -0.2) is 0 Å². The summed E-state index contributed by atoms with van der Waals surface area (Å²) in [4.78, 5) is 6.83. The lowest BCUT2D eigenvalue weighted by atomic mass is 10.1. The molecule has 2 aliphatic heterocycles. The highest BCUT2D eigenvalue weighted by Crippen LogP contribution is 2.50. The van der Waals surface area contributed by atoms with Crippen molar-refractivity contribution in [1.82, 2.24) is 9.88 Å². The zero-order valence-corrected chi connectivity index (χ0v) is 10.7. The summed E-state index contributed by atoms with van der Waals surface area (Å²) in [6.45, 7) is 6.31. The average Bonchev–Trinajstić information content (AvgIpc) is 2.69. The second kappa shape index (κ2) is 2.92. The Morgan fingerprint density at radius 2 is 2.27 bits per heavy atom. The van der Waals surface area contributed by atoms with Crippen LogP contribution >= 0.6 is 0 Å². The van der Waals surface area contributed by atoms with Gasteiger partial charge < -0.3 is 0 Å². The third kappa shape index (κ3) is 1.11. The van der Waals surface area contributed by atoms with Crippen LogP contribution in [0.25, 0.3) is 0 Å². The van der Waals surface area contributed by atoms with Gasteiger partial charge in [-0.3, -0.25) is 9.88 Å². The molecule has 2 aliphatic rings. The fraction of sp³-hybridized carbons (Fsp3) is 0.583. The number of pyridine rings is 1. The third-order valence-electron chi connectivity index (χ3n) is 4.44. The summed E-state index contributed by atoms with van der Waals surface area (Å²) in [7, 11) is 1.05. The van der Waals surface area contributed by atoms with Crippen molar-refractivity contribution in [3.05, 3.63) is 24.0 Å². The molecule has 3 rings (SSSR count). The normalized spacial score (nSPS) is 32.7. The molecule has 0 spiro atoms. The zero-order valence-electron chi connectivity index (χ0n) is 9.70. The van der Waals surface area contributed by atoms with E-state index in [2.05, 4.69) is 42.3 Å². The molecule has 1 fully saturated rings. The standard InChI is InChI=1S/C12H18N2Si/c1-14-7-5-11-12(14)9-8-13-6-4-10(9)15(11,2)3/h4,6,8,11-12H,5,7H2,1-3H3. The van der Waals surface area contributed by atoms with Gasteiger partial charge in [-0.2, -0.15) is 0 Å². The predicted molar refractivity (Wildman–Crippen MR) is 65.1 cm³/mol. The van der Waals surface area contributed by atoms with Crippen molar-refractivity contribution in [1.29, 1.82) is 0 Å². The van der Waals surface area contributed by atoms with Crippen LogP contribution in [0, 0.1) is 0 Å². The highest BCUT2D eigenvalue weighted by molar-refractivity contribution is 6.92. The summed E-state index contributed by atoms with van der Waals surface area (Å²) >= 11 is 0. The van der Waals surface area contributed by atoms with Gasteiger partial charge in [-0.05, 0) is 37.2 Å². The molecule has 80 valence electrons. The molecule has 0 aliphatic carbocycles. The summed E-state index contributed by atoms with van der Waals surface area (Å²) in [5, 5.41) is 1.65. The van der Waals surface area contributed by atoms with Crippen LogP contribution in [0.2, 0.25) is 18.6 Å². The van der Waals surface area contributed by atoms with Crippen molar-refractivity contribution in [2.75, 3.05) is 13.6 Å². The molecule has 2 unspecified atom stereocenters. The maximum absolute atomic E-state index is 4.31. The number of hydrogen-bond acceptors (Lipinski definition) is 2. The Hall–Kier alpha value is -0.673. The molecule has 3 heteroatoms. The number of nitrogens with zero attached hydrogens (tertiary/aromatic N) is 2. The minimum Gasteiger partial charge on any atom is -0.299 e. The van der Waals surface area contributed by atoms with E-state index in [1.54, 1.807) is 5.19 Å². The predicted octanol–water partition coefficient (Wildman–Crippen LogP) is 1.76. The molecule has 0 radical (unpaired) electrons. The van der Waals surface area contributed by atoms with Crippen molar-refractivity contribution >= 4 is 13.3 Å². The topological polar surface area (TPSA) is 16.1 Å². The molecule has 15 heavy (non-hydrogen) atoms. The minimum absolute atomic E-state index is 0.676. The van der Waals surface area contributed by atoms with Crippen molar-refractivity contribution in [2.24, 2.45) is 0 Å². The molecule has 0 bridgehead atoms. The molecule has 0 N–H and O–H groups in total. The summed E-state index contributed by atoms with van der Waals surface area (Å²) in [6.07, 6.45) is 5.46. The van der Waals surface area contributed by atoms with Gasteiger partial charge in [0.25, 0.3) is 0 Å². The largest absolute Gasteiger partial charge is 0.299 e. The van der Waals surface area contributed by atoms with Crippen LogP contribution in [-0.4, -0.2) is 31.6 Å². The number of aromatic nitrogens is 1. The summed E-state index contributed by atoms with van der Waals surface area (Å²) < 4.78 is 0. The third-order valence-corrected chi connectivity index (χ3v) is 8.74. The van der Waals surface area contributed by atoms with E-state index in [-0.39, 0.29) is 0 Å². The van der Waals surface area contributed by atoms with Gasteiger partial charge in [0, 0.05) is 18.4 Å². The Balaban J connectivity index is 2.19. The number of hydrogen-bond donors (Lipinski definition) is 0. The molecule has 1 aromatic heterocycles. The molecule has 2 atom stereocenters. The Bertz CT molecular complexity index is 402. The smallest absolute Gasteiger partial charge is 0.0861 e. The van der Waals surface area contributed by atoms with E-state index in [1.165, 1.54) is 18.5 Å². The van der Waals surface area contributed by atoms with Crippen LogP contribution in [-0.2, 0) is 0 Å². The Morgan fingerprint density at radius 1 is 1.47 bits per heavy atom. The van der Waals surface area contributed by atoms with Crippen LogP contribution in [0.4, 0.5) is 0 Å².